The van der Waals surface area contributed by atoms with Crippen molar-refractivity contribution in [2.75, 3.05) is 13.7 Å². The van der Waals surface area contributed by atoms with Gasteiger partial charge in [-0.3, -0.25) is 14.5 Å². The van der Waals surface area contributed by atoms with E-state index in [2.05, 4.69) is 27.3 Å². The summed E-state index contributed by atoms with van der Waals surface area (Å²) in [7, 11) is 1.21. The molecule has 1 atom stereocenters. The fourth-order valence-electron chi connectivity index (χ4n) is 2.98. The Morgan fingerprint density at radius 2 is 1.84 bits per heavy atom. The van der Waals surface area contributed by atoms with Gasteiger partial charge in [-0.2, -0.15) is 0 Å². The number of carbonyl (C=O) groups excluding carboxylic acids is 3. The molecule has 168 valence electrons. The molecule has 0 aliphatic carbocycles. The molecule has 1 heterocycles. The molecule has 2 aromatic rings. The molecule has 0 radical (unpaired) electrons. The largest absolute Gasteiger partial charge is 0.490 e. The third kappa shape index (κ3) is 5.63. The van der Waals surface area contributed by atoms with E-state index in [0.29, 0.717) is 30.3 Å². The normalized spacial score (nSPS) is 15.8. The maximum atomic E-state index is 12.7. The van der Waals surface area contributed by atoms with Crippen LogP contribution in [0.2, 0.25) is 0 Å². The molecule has 0 saturated carbocycles. The van der Waals surface area contributed by atoms with Gasteiger partial charge in [-0.1, -0.05) is 18.2 Å². The SMILES string of the molecule is CCOc1cc(/C=C2/SC(=O)N([C@@H](C)C(=O)OC)C2=O)ccc1OCc1ccc(I)cc1. The molecular formula is C23H22INO6S. The molecule has 0 aromatic heterocycles. The van der Waals surface area contributed by atoms with Gasteiger partial charge in [0.1, 0.15) is 12.6 Å². The van der Waals surface area contributed by atoms with E-state index in [-0.39, 0.29) is 4.91 Å². The third-order valence-electron chi connectivity index (χ3n) is 4.63. The van der Waals surface area contributed by atoms with E-state index in [1.54, 1.807) is 24.3 Å². The Hall–Kier alpha value is -2.53. The molecule has 0 bridgehead atoms. The minimum absolute atomic E-state index is 0.223. The van der Waals surface area contributed by atoms with Crippen LogP contribution in [0.3, 0.4) is 0 Å². The van der Waals surface area contributed by atoms with Crippen molar-refractivity contribution in [3.05, 3.63) is 62.1 Å². The number of esters is 1. The smallest absolute Gasteiger partial charge is 0.328 e. The van der Waals surface area contributed by atoms with Gasteiger partial charge in [0, 0.05) is 3.57 Å². The van der Waals surface area contributed by atoms with Gasteiger partial charge in [0.2, 0.25) is 0 Å². The molecule has 2 aromatic carbocycles. The number of imide groups is 1. The maximum Gasteiger partial charge on any atom is 0.328 e. The summed E-state index contributed by atoms with van der Waals surface area (Å²) >= 11 is 3.03. The molecule has 2 amide bonds. The van der Waals surface area contributed by atoms with Gasteiger partial charge in [0.15, 0.2) is 11.5 Å². The van der Waals surface area contributed by atoms with Crippen LogP contribution >= 0.6 is 34.4 Å². The lowest BCUT2D eigenvalue weighted by Crippen LogP contribution is -2.42. The van der Waals surface area contributed by atoms with E-state index >= 15 is 0 Å². The van der Waals surface area contributed by atoms with Crippen molar-refractivity contribution in [3.63, 3.8) is 0 Å². The minimum Gasteiger partial charge on any atom is -0.490 e. The summed E-state index contributed by atoms with van der Waals surface area (Å²) in [5, 5.41) is -0.512. The zero-order valence-electron chi connectivity index (χ0n) is 17.8. The highest BCUT2D eigenvalue weighted by molar-refractivity contribution is 14.1. The van der Waals surface area contributed by atoms with Gasteiger partial charge in [0.25, 0.3) is 11.1 Å². The zero-order chi connectivity index (χ0) is 23.3. The van der Waals surface area contributed by atoms with Crippen molar-refractivity contribution in [2.24, 2.45) is 0 Å². The summed E-state index contributed by atoms with van der Waals surface area (Å²) in [6, 6.07) is 12.3. The number of ether oxygens (including phenoxy) is 3. The molecule has 0 N–H and O–H groups in total. The highest BCUT2D eigenvalue weighted by Crippen LogP contribution is 2.36. The number of amides is 2. The predicted octanol–water partition coefficient (Wildman–Crippen LogP) is 4.87. The molecule has 0 unspecified atom stereocenters. The van der Waals surface area contributed by atoms with Crippen molar-refractivity contribution in [1.82, 2.24) is 4.90 Å². The molecule has 7 nitrogen and oxygen atoms in total. The highest BCUT2D eigenvalue weighted by atomic mass is 127. The van der Waals surface area contributed by atoms with Gasteiger partial charge in [-0.15, -0.1) is 0 Å². The van der Waals surface area contributed by atoms with Crippen LogP contribution in [-0.2, 0) is 20.9 Å². The molecule has 1 aliphatic heterocycles. The summed E-state index contributed by atoms with van der Waals surface area (Å²) in [6.45, 7) is 4.16. The zero-order valence-corrected chi connectivity index (χ0v) is 20.8. The number of rotatable bonds is 8. The Morgan fingerprint density at radius 1 is 1.12 bits per heavy atom. The molecule has 32 heavy (non-hydrogen) atoms. The maximum absolute atomic E-state index is 12.7. The molecule has 0 spiro atoms. The number of methoxy groups -OCH3 is 1. The van der Waals surface area contributed by atoms with E-state index in [1.165, 1.54) is 14.0 Å². The Morgan fingerprint density at radius 3 is 2.50 bits per heavy atom. The number of hydrogen-bond acceptors (Lipinski definition) is 7. The Labute approximate surface area is 204 Å². The van der Waals surface area contributed by atoms with E-state index in [4.69, 9.17) is 9.47 Å². The first-order chi connectivity index (χ1) is 15.3. The van der Waals surface area contributed by atoms with E-state index < -0.39 is 23.2 Å². The van der Waals surface area contributed by atoms with E-state index in [9.17, 15) is 14.4 Å². The molecule has 3 rings (SSSR count). The van der Waals surface area contributed by atoms with Gasteiger partial charge >= 0.3 is 5.97 Å². The van der Waals surface area contributed by atoms with Crippen LogP contribution in [0.5, 0.6) is 11.5 Å². The molecule has 1 saturated heterocycles. The predicted molar refractivity (Wildman–Crippen MR) is 130 cm³/mol. The summed E-state index contributed by atoms with van der Waals surface area (Å²) in [4.78, 5) is 37.9. The fourth-order valence-corrected chi connectivity index (χ4v) is 4.25. The standard InChI is InChI=1S/C23H22INO6S/c1-4-30-19-11-16(7-10-18(19)31-13-15-5-8-17(24)9-6-15)12-20-21(26)25(23(28)32-20)14(2)22(27)29-3/h5-12,14H,4,13H2,1-3H3/b20-12+/t14-/m0/s1. The fraction of sp³-hybridized carbons (Fsp3) is 0.261. The van der Waals surface area contributed by atoms with Crippen LogP contribution in [0.4, 0.5) is 4.79 Å². The molecule has 1 aliphatic rings. The number of nitrogens with zero attached hydrogens (tertiary/aromatic N) is 1. The van der Waals surface area contributed by atoms with Crippen molar-refractivity contribution in [1.29, 1.82) is 0 Å². The van der Waals surface area contributed by atoms with E-state index in [1.807, 2.05) is 31.2 Å². The molecule has 1 fully saturated rings. The lowest BCUT2D eigenvalue weighted by atomic mass is 10.1. The van der Waals surface area contributed by atoms with Crippen molar-refractivity contribution in [3.8, 4) is 11.5 Å². The van der Waals surface area contributed by atoms with Crippen molar-refractivity contribution >= 4 is 57.5 Å². The Balaban J connectivity index is 1.79. The monoisotopic (exact) mass is 567 g/mol. The first kappa shape index (κ1) is 24.1. The topological polar surface area (TPSA) is 82.1 Å². The summed E-state index contributed by atoms with van der Waals surface area (Å²) in [5.74, 6) is -0.0689. The van der Waals surface area contributed by atoms with Crippen LogP contribution in [0, 0.1) is 3.57 Å². The minimum atomic E-state index is -0.991. The second-order valence-electron chi connectivity index (χ2n) is 6.81. The van der Waals surface area contributed by atoms with Gasteiger partial charge in [0.05, 0.1) is 18.6 Å². The van der Waals surface area contributed by atoms with E-state index in [0.717, 1.165) is 25.8 Å². The number of halogens is 1. The Bertz CT molecular complexity index is 1050. The number of thioether (sulfide) groups is 1. The lowest BCUT2D eigenvalue weighted by molar-refractivity contribution is -0.148. The lowest BCUT2D eigenvalue weighted by Gasteiger charge is -2.18. The second kappa shape index (κ2) is 10.9. The van der Waals surface area contributed by atoms with Gasteiger partial charge in [-0.25, -0.2) is 4.79 Å². The quantitative estimate of drug-likeness (QED) is 0.256. The van der Waals surface area contributed by atoms with Crippen LogP contribution < -0.4 is 9.47 Å². The number of benzene rings is 2. The van der Waals surface area contributed by atoms with Crippen LogP contribution in [0.1, 0.15) is 25.0 Å². The van der Waals surface area contributed by atoms with Crippen molar-refractivity contribution < 1.29 is 28.6 Å². The highest BCUT2D eigenvalue weighted by Gasteiger charge is 2.41. The second-order valence-corrected chi connectivity index (χ2v) is 9.04. The Kier molecular flexibility index (Phi) is 8.19. The summed E-state index contributed by atoms with van der Waals surface area (Å²) in [5.41, 5.74) is 1.71. The first-order valence-electron chi connectivity index (χ1n) is 9.83. The molecular weight excluding hydrogens is 545 g/mol. The first-order valence-corrected chi connectivity index (χ1v) is 11.7. The third-order valence-corrected chi connectivity index (χ3v) is 6.23. The van der Waals surface area contributed by atoms with Crippen LogP contribution in [-0.4, -0.2) is 41.8 Å². The molecule has 9 heteroatoms. The number of carbonyl (C=O) groups is 3. The van der Waals surface area contributed by atoms with Gasteiger partial charge in [-0.05, 0) is 89.7 Å². The average Bonchev–Trinajstić information content (AvgIpc) is 3.06. The van der Waals surface area contributed by atoms with Crippen LogP contribution in [0.15, 0.2) is 47.4 Å². The summed E-state index contributed by atoms with van der Waals surface area (Å²) < 4.78 is 17.4. The van der Waals surface area contributed by atoms with Crippen molar-refractivity contribution in [2.45, 2.75) is 26.5 Å². The van der Waals surface area contributed by atoms with Crippen LogP contribution in [0.25, 0.3) is 6.08 Å². The summed E-state index contributed by atoms with van der Waals surface area (Å²) in [6.07, 6.45) is 1.60. The van der Waals surface area contributed by atoms with Gasteiger partial charge < -0.3 is 14.2 Å². The number of hydrogen-bond donors (Lipinski definition) is 0. The average molecular weight is 567 g/mol.